The van der Waals surface area contributed by atoms with Crippen LogP contribution < -0.4 is 0 Å². The largest absolute Gasteiger partial charge is 0.481 e. The lowest BCUT2D eigenvalue weighted by atomic mass is 10.1. The molecule has 0 fully saturated rings. The minimum Gasteiger partial charge on any atom is -0.481 e. The molecule has 1 aromatic carbocycles. The van der Waals surface area contributed by atoms with Gasteiger partial charge in [0.15, 0.2) is 0 Å². The zero-order chi connectivity index (χ0) is 14.5. The van der Waals surface area contributed by atoms with E-state index in [9.17, 15) is 9.59 Å². The Morgan fingerprint density at radius 1 is 1.21 bits per heavy atom. The monoisotopic (exact) mass is 262 g/mol. The summed E-state index contributed by atoms with van der Waals surface area (Å²) in [5.41, 5.74) is 1.04. The summed E-state index contributed by atoms with van der Waals surface area (Å²) in [6.07, 6.45) is 2.99. The van der Waals surface area contributed by atoms with Crippen molar-refractivity contribution >= 4 is 18.0 Å². The van der Waals surface area contributed by atoms with Crippen molar-refractivity contribution in [3.8, 4) is 0 Å². The Bertz CT molecular complexity index is 478. The van der Waals surface area contributed by atoms with Gasteiger partial charge in [-0.3, -0.25) is 4.79 Å². The molecule has 1 rings (SSSR count). The van der Waals surface area contributed by atoms with Crippen molar-refractivity contribution in [1.29, 1.82) is 0 Å². The lowest BCUT2D eigenvalue weighted by molar-refractivity contribution is -0.148. The molecule has 0 aliphatic rings. The maximum absolute atomic E-state index is 11.5. The molecular weight excluding hydrogens is 244 g/mol. The number of esters is 1. The number of carboxylic acid groups (broad SMARTS) is 1. The molecule has 0 bridgehead atoms. The van der Waals surface area contributed by atoms with E-state index in [0.717, 1.165) is 11.1 Å². The van der Waals surface area contributed by atoms with Gasteiger partial charge in [-0.1, -0.05) is 24.3 Å². The minimum atomic E-state index is -0.864. The molecule has 4 nitrogen and oxygen atoms in total. The van der Waals surface area contributed by atoms with Crippen LogP contribution in [0.1, 0.15) is 31.9 Å². The number of ether oxygens (including phenoxy) is 1. The van der Waals surface area contributed by atoms with Gasteiger partial charge in [0.25, 0.3) is 0 Å². The van der Waals surface area contributed by atoms with Crippen LogP contribution in [0, 0.1) is 0 Å². The Hall–Kier alpha value is -2.10. The molecule has 0 saturated heterocycles. The average Bonchev–Trinajstić information content (AvgIpc) is 2.25. The molecule has 0 unspecified atom stereocenters. The van der Waals surface area contributed by atoms with Crippen molar-refractivity contribution < 1.29 is 19.4 Å². The standard InChI is InChI=1S/C15H18O4/c1-15(2,3)19-14(18)9-8-11-4-6-12(7-5-11)10-13(16)17/h4-9H,10H2,1-3H3,(H,16,17)/b9-8+. The molecule has 0 saturated carbocycles. The maximum atomic E-state index is 11.5. The molecule has 4 heteroatoms. The Morgan fingerprint density at radius 2 is 1.79 bits per heavy atom. The maximum Gasteiger partial charge on any atom is 0.331 e. The van der Waals surface area contributed by atoms with Crippen LogP contribution in [0.3, 0.4) is 0 Å². The Balaban J connectivity index is 2.62. The summed E-state index contributed by atoms with van der Waals surface area (Å²) < 4.78 is 5.13. The summed E-state index contributed by atoms with van der Waals surface area (Å²) in [5, 5.41) is 8.65. The predicted molar refractivity (Wildman–Crippen MR) is 72.7 cm³/mol. The van der Waals surface area contributed by atoms with Crippen molar-refractivity contribution in [2.24, 2.45) is 0 Å². The van der Waals surface area contributed by atoms with Crippen LogP contribution in [0.4, 0.5) is 0 Å². The molecule has 0 aliphatic heterocycles. The summed E-state index contributed by atoms with van der Waals surface area (Å²) in [7, 11) is 0. The molecule has 1 aromatic rings. The van der Waals surface area contributed by atoms with Gasteiger partial charge in [-0.2, -0.15) is 0 Å². The van der Waals surface area contributed by atoms with Gasteiger partial charge in [0.2, 0.25) is 0 Å². The van der Waals surface area contributed by atoms with Crippen molar-refractivity contribution in [2.75, 3.05) is 0 Å². The van der Waals surface area contributed by atoms with Gasteiger partial charge in [-0.05, 0) is 38.0 Å². The Morgan fingerprint density at radius 3 is 2.26 bits per heavy atom. The van der Waals surface area contributed by atoms with Crippen LogP contribution in [0.2, 0.25) is 0 Å². The van der Waals surface area contributed by atoms with Crippen LogP contribution >= 0.6 is 0 Å². The van der Waals surface area contributed by atoms with Gasteiger partial charge in [0.05, 0.1) is 6.42 Å². The number of carbonyl (C=O) groups is 2. The second-order valence-electron chi connectivity index (χ2n) is 5.18. The van der Waals surface area contributed by atoms with Gasteiger partial charge in [-0.25, -0.2) is 4.79 Å². The highest BCUT2D eigenvalue weighted by Crippen LogP contribution is 2.10. The van der Waals surface area contributed by atoms with Gasteiger partial charge in [-0.15, -0.1) is 0 Å². The van der Waals surface area contributed by atoms with Gasteiger partial charge >= 0.3 is 11.9 Å². The van der Waals surface area contributed by atoms with E-state index in [1.54, 1.807) is 51.1 Å². The first-order chi connectivity index (χ1) is 8.76. The zero-order valence-corrected chi connectivity index (χ0v) is 11.3. The molecule has 1 N–H and O–H groups in total. The number of rotatable bonds is 4. The van der Waals surface area contributed by atoms with E-state index in [4.69, 9.17) is 9.84 Å². The van der Waals surface area contributed by atoms with E-state index in [-0.39, 0.29) is 6.42 Å². The second kappa shape index (κ2) is 6.18. The van der Waals surface area contributed by atoms with Gasteiger partial charge in [0.1, 0.15) is 5.60 Å². The lowest BCUT2D eigenvalue weighted by Gasteiger charge is -2.17. The topological polar surface area (TPSA) is 63.6 Å². The molecule has 0 heterocycles. The fraction of sp³-hybridized carbons (Fsp3) is 0.333. The van der Waals surface area contributed by atoms with E-state index in [1.165, 1.54) is 6.08 Å². The lowest BCUT2D eigenvalue weighted by Crippen LogP contribution is -2.22. The number of hydrogen-bond donors (Lipinski definition) is 1. The van der Waals surface area contributed by atoms with E-state index in [2.05, 4.69) is 0 Å². The minimum absolute atomic E-state index is 0.00391. The summed E-state index contributed by atoms with van der Waals surface area (Å²) in [6.45, 7) is 5.41. The Labute approximate surface area is 112 Å². The van der Waals surface area contributed by atoms with Crippen LogP contribution in [-0.4, -0.2) is 22.6 Å². The molecule has 0 aliphatic carbocycles. The van der Waals surface area contributed by atoms with Crippen molar-refractivity contribution in [3.05, 3.63) is 41.5 Å². The first-order valence-corrected chi connectivity index (χ1v) is 5.98. The molecule has 0 radical (unpaired) electrons. The van der Waals surface area contributed by atoms with E-state index in [1.807, 2.05) is 0 Å². The number of hydrogen-bond acceptors (Lipinski definition) is 3. The summed E-state index contributed by atoms with van der Waals surface area (Å²) >= 11 is 0. The van der Waals surface area contributed by atoms with Gasteiger partial charge in [0, 0.05) is 6.08 Å². The third-order valence-corrected chi connectivity index (χ3v) is 2.15. The molecule has 0 amide bonds. The normalized spacial score (nSPS) is 11.5. The zero-order valence-electron chi connectivity index (χ0n) is 11.3. The highest BCUT2D eigenvalue weighted by molar-refractivity contribution is 5.87. The molecule has 0 spiro atoms. The molecule has 0 aromatic heterocycles. The fourth-order valence-corrected chi connectivity index (χ4v) is 1.42. The van der Waals surface area contributed by atoms with Crippen molar-refractivity contribution in [1.82, 2.24) is 0 Å². The SMILES string of the molecule is CC(C)(C)OC(=O)/C=C/c1ccc(CC(=O)O)cc1. The fourth-order valence-electron chi connectivity index (χ4n) is 1.42. The third kappa shape index (κ3) is 6.41. The average molecular weight is 262 g/mol. The van der Waals surface area contributed by atoms with E-state index in [0.29, 0.717) is 0 Å². The smallest absolute Gasteiger partial charge is 0.331 e. The van der Waals surface area contributed by atoms with Crippen molar-refractivity contribution in [3.63, 3.8) is 0 Å². The Kier molecular flexibility index (Phi) is 4.87. The van der Waals surface area contributed by atoms with E-state index < -0.39 is 17.5 Å². The summed E-state index contributed by atoms with van der Waals surface area (Å²) in [5.74, 6) is -1.26. The number of benzene rings is 1. The highest BCUT2D eigenvalue weighted by Gasteiger charge is 2.13. The number of aliphatic carboxylic acids is 1. The number of carboxylic acids is 1. The quantitative estimate of drug-likeness (QED) is 0.669. The molecular formula is C15H18O4. The van der Waals surface area contributed by atoms with Crippen LogP contribution in [0.5, 0.6) is 0 Å². The first-order valence-electron chi connectivity index (χ1n) is 5.98. The second-order valence-corrected chi connectivity index (χ2v) is 5.18. The highest BCUT2D eigenvalue weighted by atomic mass is 16.6. The van der Waals surface area contributed by atoms with E-state index >= 15 is 0 Å². The van der Waals surface area contributed by atoms with Crippen molar-refractivity contribution in [2.45, 2.75) is 32.8 Å². The molecule has 19 heavy (non-hydrogen) atoms. The van der Waals surface area contributed by atoms with Gasteiger partial charge < -0.3 is 9.84 Å². The van der Waals surface area contributed by atoms with Crippen LogP contribution in [0.15, 0.2) is 30.3 Å². The summed E-state index contributed by atoms with van der Waals surface area (Å²) in [6, 6.07) is 6.98. The third-order valence-electron chi connectivity index (χ3n) is 2.15. The van der Waals surface area contributed by atoms with Crippen LogP contribution in [-0.2, 0) is 20.7 Å². The molecule has 0 atom stereocenters. The molecule has 102 valence electrons. The first kappa shape index (κ1) is 15.0. The number of carbonyl (C=O) groups excluding carboxylic acids is 1. The predicted octanol–water partition coefficient (Wildman–Crippen LogP) is 2.67. The summed E-state index contributed by atoms with van der Waals surface area (Å²) in [4.78, 5) is 22.0. The van der Waals surface area contributed by atoms with Crippen LogP contribution in [0.25, 0.3) is 6.08 Å².